The van der Waals surface area contributed by atoms with Crippen molar-refractivity contribution in [3.8, 4) is 0 Å². The number of esters is 2. The maximum Gasteiger partial charge on any atom is 0.330 e. The van der Waals surface area contributed by atoms with Gasteiger partial charge in [-0.1, -0.05) is 73.6 Å². The molecule has 1 N–H and O–H groups in total. The van der Waals surface area contributed by atoms with E-state index in [1.165, 1.54) is 25.3 Å². The van der Waals surface area contributed by atoms with Crippen molar-refractivity contribution in [3.63, 3.8) is 0 Å². The molecule has 0 aromatic carbocycles. The number of unbranched alkanes of at least 4 members (excludes halogenated alkanes) is 2. The zero-order valence-electron chi connectivity index (χ0n) is 23.0. The van der Waals surface area contributed by atoms with Gasteiger partial charge in [0.15, 0.2) is 0 Å². The van der Waals surface area contributed by atoms with E-state index in [-0.39, 0.29) is 35.9 Å². The van der Waals surface area contributed by atoms with E-state index in [2.05, 4.69) is 59.1 Å². The summed E-state index contributed by atoms with van der Waals surface area (Å²) in [6, 6.07) is 0. The largest absolute Gasteiger partial charge is 0.545 e. The van der Waals surface area contributed by atoms with E-state index in [1.807, 2.05) is 0 Å². The molecule has 0 aromatic heterocycles. The lowest BCUT2D eigenvalue weighted by Crippen LogP contribution is -2.37. The van der Waals surface area contributed by atoms with Gasteiger partial charge in [-0.3, -0.25) is 0 Å². The molecule has 2 rings (SSSR count). The minimum Gasteiger partial charge on any atom is -0.545 e. The number of aliphatic carboxylic acids is 1. The lowest BCUT2D eigenvalue weighted by Gasteiger charge is -2.40. The summed E-state index contributed by atoms with van der Waals surface area (Å²) in [7, 11) is 0. The molecule has 7 nitrogen and oxygen atoms in total. The number of rotatable bonds is 12. The fraction of sp³-hybridized carbons (Fsp3) is 0.690. The van der Waals surface area contributed by atoms with Gasteiger partial charge in [0.1, 0.15) is 6.61 Å². The van der Waals surface area contributed by atoms with Gasteiger partial charge in [-0.15, -0.1) is 0 Å². The second-order valence-electron chi connectivity index (χ2n) is 10.7. The monoisotopic (exact) mass is 507 g/mol. The van der Waals surface area contributed by atoms with Crippen LogP contribution in [-0.4, -0.2) is 42.8 Å². The fourth-order valence-electron chi connectivity index (χ4n) is 5.14. The van der Waals surface area contributed by atoms with E-state index < -0.39 is 11.9 Å². The van der Waals surface area contributed by atoms with Crippen LogP contribution < -0.4 is 5.11 Å². The average molecular weight is 508 g/mol. The van der Waals surface area contributed by atoms with E-state index in [4.69, 9.17) is 9.84 Å². The van der Waals surface area contributed by atoms with Gasteiger partial charge in [-0.2, -0.15) is 0 Å². The normalized spacial score (nSPS) is 22.9. The number of carboxylic acids is 1. The molecule has 0 spiro atoms. The highest BCUT2D eigenvalue weighted by molar-refractivity contribution is 5.85. The first-order valence-corrected chi connectivity index (χ1v) is 12.9. The van der Waals surface area contributed by atoms with Gasteiger partial charge in [-0.25, -0.2) is 9.59 Å². The first-order valence-electron chi connectivity index (χ1n) is 12.9. The van der Waals surface area contributed by atoms with Crippen molar-refractivity contribution >= 4 is 17.9 Å². The van der Waals surface area contributed by atoms with Crippen molar-refractivity contribution in [2.24, 2.45) is 28.6 Å². The van der Waals surface area contributed by atoms with Crippen molar-refractivity contribution in [2.75, 3.05) is 19.8 Å². The molecule has 2 aliphatic rings. The summed E-state index contributed by atoms with van der Waals surface area (Å²) in [6.07, 6.45) is 10.2. The second kappa shape index (κ2) is 16.4. The highest BCUT2D eigenvalue weighted by Crippen LogP contribution is 2.69. The standard InChI is InChI=1S/C13H20O2.C11H20O2.C5H8O3/c1-8(11(14)15)10-7-9-5-6-13(10,4)12(9,2)3;1-4-11(12)13-9-7-5-6-8-10(2)3;1-2-5(7)8-4-3-6/h9-10H,1,5-7H2,2-4H3,(H,14,15);4,10H,1,5-9H2,2-3H3;2,6H,1,3-4H2/p-1/t9-,10?,13-;;/m1../s1. The van der Waals surface area contributed by atoms with Crippen LogP contribution in [0.15, 0.2) is 37.5 Å². The van der Waals surface area contributed by atoms with Crippen LogP contribution >= 0.6 is 0 Å². The third-order valence-corrected chi connectivity index (χ3v) is 7.82. The van der Waals surface area contributed by atoms with Crippen molar-refractivity contribution in [3.05, 3.63) is 37.5 Å². The molecule has 0 heterocycles. The topological polar surface area (TPSA) is 113 Å². The Morgan fingerprint density at radius 2 is 1.58 bits per heavy atom. The molecule has 2 saturated carbocycles. The number of ether oxygens (including phenoxy) is 2. The molecule has 0 radical (unpaired) electrons. The zero-order chi connectivity index (χ0) is 27.9. The molecular weight excluding hydrogens is 460 g/mol. The summed E-state index contributed by atoms with van der Waals surface area (Å²) >= 11 is 0. The molecule has 7 heteroatoms. The van der Waals surface area contributed by atoms with Crippen LogP contribution in [0, 0.1) is 28.6 Å². The van der Waals surface area contributed by atoms with Gasteiger partial charge in [0.05, 0.1) is 19.2 Å². The van der Waals surface area contributed by atoms with Gasteiger partial charge >= 0.3 is 11.9 Å². The maximum atomic E-state index is 10.9. The van der Waals surface area contributed by atoms with Gasteiger partial charge in [-0.05, 0) is 59.8 Å². The van der Waals surface area contributed by atoms with Crippen molar-refractivity contribution < 1.29 is 34.1 Å². The van der Waals surface area contributed by atoms with Gasteiger partial charge in [0.25, 0.3) is 0 Å². The number of carbonyl (C=O) groups is 3. The Labute approximate surface area is 217 Å². The van der Waals surface area contributed by atoms with Crippen LogP contribution in [0.5, 0.6) is 0 Å². The summed E-state index contributed by atoms with van der Waals surface area (Å²) in [5.74, 6) is -0.330. The van der Waals surface area contributed by atoms with Crippen LogP contribution in [0.25, 0.3) is 0 Å². The molecule has 0 aliphatic heterocycles. The molecule has 2 aliphatic carbocycles. The summed E-state index contributed by atoms with van der Waals surface area (Å²) in [4.78, 5) is 31.6. The molecule has 1 unspecified atom stereocenters. The number of hydrogen-bond donors (Lipinski definition) is 1. The highest BCUT2D eigenvalue weighted by Gasteiger charge is 2.61. The Kier molecular flexibility index (Phi) is 15.3. The minimum absolute atomic E-state index is 0.0465. The van der Waals surface area contributed by atoms with Gasteiger partial charge in [0.2, 0.25) is 0 Å². The maximum absolute atomic E-state index is 10.9. The number of carboxylic acid groups (broad SMARTS) is 1. The van der Waals surface area contributed by atoms with Crippen LogP contribution in [0.4, 0.5) is 0 Å². The molecule has 2 bridgehead atoms. The molecule has 206 valence electrons. The lowest BCUT2D eigenvalue weighted by atomic mass is 9.65. The predicted octanol–water partition coefficient (Wildman–Crippen LogP) is 4.39. The highest BCUT2D eigenvalue weighted by atomic mass is 16.5. The lowest BCUT2D eigenvalue weighted by molar-refractivity contribution is -0.300. The quantitative estimate of drug-likeness (QED) is 0.237. The molecule has 2 fully saturated rings. The number of carbonyl (C=O) groups excluding carboxylic acids is 3. The third kappa shape index (κ3) is 10.3. The number of aliphatic hydroxyl groups excluding tert-OH is 1. The summed E-state index contributed by atoms with van der Waals surface area (Å²) in [5.41, 5.74) is 0.665. The van der Waals surface area contributed by atoms with Crippen LogP contribution in [0.2, 0.25) is 0 Å². The Bertz CT molecular complexity index is 753. The predicted molar refractivity (Wildman–Crippen MR) is 140 cm³/mol. The van der Waals surface area contributed by atoms with E-state index in [9.17, 15) is 19.5 Å². The number of hydrogen-bond acceptors (Lipinski definition) is 7. The van der Waals surface area contributed by atoms with Crippen molar-refractivity contribution in [1.29, 1.82) is 0 Å². The molecule has 36 heavy (non-hydrogen) atoms. The first kappa shape index (κ1) is 33.6. The molecule has 0 amide bonds. The number of aliphatic hydroxyl groups is 1. The van der Waals surface area contributed by atoms with Crippen molar-refractivity contribution in [2.45, 2.75) is 79.6 Å². The smallest absolute Gasteiger partial charge is 0.330 e. The Morgan fingerprint density at radius 3 is 1.97 bits per heavy atom. The van der Waals surface area contributed by atoms with Gasteiger partial charge in [0, 0.05) is 12.2 Å². The molecule has 0 aromatic rings. The SMILES string of the molecule is C=C(C(=O)[O-])C1C[C@H]2CC[C@@]1(C)C2(C)C.C=CC(=O)OCCCCCC(C)C.C=CC(=O)OCCO. The minimum atomic E-state index is -1.07. The third-order valence-electron chi connectivity index (χ3n) is 7.82. The Hall–Kier alpha value is -2.41. The Morgan fingerprint density at radius 1 is 1.03 bits per heavy atom. The van der Waals surface area contributed by atoms with Crippen LogP contribution in [0.3, 0.4) is 0 Å². The van der Waals surface area contributed by atoms with Crippen LogP contribution in [0.1, 0.15) is 79.6 Å². The van der Waals surface area contributed by atoms with E-state index >= 15 is 0 Å². The number of fused-ring (bicyclic) bond motifs is 2. The second-order valence-corrected chi connectivity index (χ2v) is 10.7. The van der Waals surface area contributed by atoms with E-state index in [0.717, 1.165) is 37.7 Å². The van der Waals surface area contributed by atoms with E-state index in [0.29, 0.717) is 18.1 Å². The molecular formula is C29H47O7-. The first-order chi connectivity index (χ1) is 16.8. The summed E-state index contributed by atoms with van der Waals surface area (Å²) in [5, 5.41) is 19.0. The fourth-order valence-corrected chi connectivity index (χ4v) is 5.14. The Balaban J connectivity index is 0.000000537. The van der Waals surface area contributed by atoms with Crippen LogP contribution in [-0.2, 0) is 23.9 Å². The summed E-state index contributed by atoms with van der Waals surface area (Å²) in [6.45, 7) is 21.8. The van der Waals surface area contributed by atoms with Gasteiger partial charge < -0.3 is 24.5 Å². The zero-order valence-corrected chi connectivity index (χ0v) is 23.0. The average Bonchev–Trinajstić information content (AvgIpc) is 3.18. The van der Waals surface area contributed by atoms with E-state index in [1.54, 1.807) is 0 Å². The molecule has 0 saturated heterocycles. The molecule has 3 atom stereocenters. The van der Waals surface area contributed by atoms with Crippen molar-refractivity contribution in [1.82, 2.24) is 0 Å². The summed E-state index contributed by atoms with van der Waals surface area (Å²) < 4.78 is 9.17.